The van der Waals surface area contributed by atoms with Crippen LogP contribution in [0.2, 0.25) is 0 Å². The highest BCUT2D eigenvalue weighted by atomic mass is 35.5. The molecule has 1 saturated heterocycles. The number of nitrogens with zero attached hydrogens (tertiary/aromatic N) is 1. The van der Waals surface area contributed by atoms with Gasteiger partial charge in [0.05, 0.1) is 0 Å². The minimum Gasteiger partial charge on any atom is -0.338 e. The maximum absolute atomic E-state index is 11.7. The minimum absolute atomic E-state index is 0.105. The van der Waals surface area contributed by atoms with E-state index in [2.05, 4.69) is 6.92 Å². The van der Waals surface area contributed by atoms with Crippen molar-refractivity contribution in [2.75, 3.05) is 6.54 Å². The molecule has 1 fully saturated rings. The van der Waals surface area contributed by atoms with Crippen molar-refractivity contribution in [2.24, 2.45) is 0 Å². The Hall–Kier alpha value is -0.240. The van der Waals surface area contributed by atoms with Crippen molar-refractivity contribution in [1.82, 2.24) is 4.90 Å². The van der Waals surface area contributed by atoms with Crippen LogP contribution in [0.5, 0.6) is 0 Å². The van der Waals surface area contributed by atoms with Gasteiger partial charge in [-0.3, -0.25) is 4.79 Å². The van der Waals surface area contributed by atoms with E-state index in [1.165, 1.54) is 6.42 Å². The maximum atomic E-state index is 11.7. The molecule has 2 atom stereocenters. The van der Waals surface area contributed by atoms with Crippen molar-refractivity contribution >= 4 is 17.5 Å². The van der Waals surface area contributed by atoms with E-state index in [0.29, 0.717) is 6.04 Å². The summed E-state index contributed by atoms with van der Waals surface area (Å²) < 4.78 is 0. The van der Waals surface area contributed by atoms with Gasteiger partial charge in [-0.15, -0.1) is 11.6 Å². The molecule has 0 N–H and O–H groups in total. The minimum atomic E-state index is -0.368. The zero-order chi connectivity index (χ0) is 9.84. The predicted molar refractivity (Wildman–Crippen MR) is 55.0 cm³/mol. The SMILES string of the molecule is CCC1CCCCN1C(=O)C(C)Cl. The number of alkyl halides is 1. The van der Waals surface area contributed by atoms with Crippen molar-refractivity contribution in [2.45, 2.75) is 50.9 Å². The number of halogens is 1. The topological polar surface area (TPSA) is 20.3 Å². The summed E-state index contributed by atoms with van der Waals surface area (Å²) in [6, 6.07) is 0.433. The van der Waals surface area contributed by atoms with E-state index < -0.39 is 0 Å². The normalized spacial score (nSPS) is 25.8. The van der Waals surface area contributed by atoms with Crippen LogP contribution >= 0.6 is 11.6 Å². The summed E-state index contributed by atoms with van der Waals surface area (Å²) in [5.41, 5.74) is 0. The Labute approximate surface area is 85.2 Å². The molecule has 1 amide bonds. The van der Waals surface area contributed by atoms with Crippen molar-refractivity contribution in [3.05, 3.63) is 0 Å². The molecule has 1 heterocycles. The Balaban J connectivity index is 2.58. The zero-order valence-corrected chi connectivity index (χ0v) is 9.18. The monoisotopic (exact) mass is 203 g/mol. The number of hydrogen-bond acceptors (Lipinski definition) is 1. The van der Waals surface area contributed by atoms with Gasteiger partial charge in [-0.2, -0.15) is 0 Å². The smallest absolute Gasteiger partial charge is 0.240 e. The van der Waals surface area contributed by atoms with E-state index in [1.54, 1.807) is 6.92 Å². The zero-order valence-electron chi connectivity index (χ0n) is 8.42. The fraction of sp³-hybridized carbons (Fsp3) is 0.900. The molecule has 0 aromatic carbocycles. The molecular weight excluding hydrogens is 186 g/mol. The van der Waals surface area contributed by atoms with E-state index >= 15 is 0 Å². The second-order valence-electron chi connectivity index (χ2n) is 3.71. The molecule has 3 heteroatoms. The van der Waals surface area contributed by atoms with Crippen molar-refractivity contribution in [3.8, 4) is 0 Å². The molecule has 0 saturated carbocycles. The summed E-state index contributed by atoms with van der Waals surface area (Å²) in [6.07, 6.45) is 4.58. The number of amides is 1. The van der Waals surface area contributed by atoms with Crippen molar-refractivity contribution in [1.29, 1.82) is 0 Å². The lowest BCUT2D eigenvalue weighted by molar-refractivity contribution is -0.134. The van der Waals surface area contributed by atoms with Crippen molar-refractivity contribution < 1.29 is 4.79 Å². The second-order valence-corrected chi connectivity index (χ2v) is 4.36. The Morgan fingerprint density at radius 1 is 1.62 bits per heavy atom. The third-order valence-corrected chi connectivity index (χ3v) is 2.91. The lowest BCUT2D eigenvalue weighted by atomic mass is 10.00. The Morgan fingerprint density at radius 2 is 2.31 bits per heavy atom. The van der Waals surface area contributed by atoms with E-state index in [4.69, 9.17) is 11.6 Å². The standard InChI is InChI=1S/C10H18ClNO/c1-3-9-6-4-5-7-12(9)10(13)8(2)11/h8-9H,3-7H2,1-2H3. The summed E-state index contributed by atoms with van der Waals surface area (Å²) in [5.74, 6) is 0.105. The van der Waals surface area contributed by atoms with Gasteiger partial charge in [0.1, 0.15) is 5.38 Å². The van der Waals surface area contributed by atoms with Gasteiger partial charge < -0.3 is 4.90 Å². The quantitative estimate of drug-likeness (QED) is 0.632. The van der Waals surface area contributed by atoms with Crippen LogP contribution in [-0.2, 0) is 4.79 Å². The highest BCUT2D eigenvalue weighted by Crippen LogP contribution is 2.20. The van der Waals surface area contributed by atoms with Gasteiger partial charge >= 0.3 is 0 Å². The number of hydrogen-bond donors (Lipinski definition) is 0. The molecule has 0 aromatic rings. The Morgan fingerprint density at radius 3 is 2.85 bits per heavy atom. The van der Waals surface area contributed by atoms with Crippen LogP contribution in [0.15, 0.2) is 0 Å². The first kappa shape index (κ1) is 10.8. The van der Waals surface area contributed by atoms with Crippen LogP contribution in [-0.4, -0.2) is 28.8 Å². The Bertz CT molecular complexity index is 182. The molecule has 1 aliphatic heterocycles. The molecule has 1 aliphatic rings. The first-order valence-corrected chi connectivity index (χ1v) is 5.55. The van der Waals surface area contributed by atoms with Gasteiger partial charge in [0.15, 0.2) is 0 Å². The summed E-state index contributed by atoms with van der Waals surface area (Å²) in [7, 11) is 0. The largest absolute Gasteiger partial charge is 0.338 e. The molecule has 0 spiro atoms. The lowest BCUT2D eigenvalue weighted by Gasteiger charge is -2.36. The van der Waals surface area contributed by atoms with E-state index in [9.17, 15) is 4.79 Å². The second kappa shape index (κ2) is 4.85. The number of piperidine rings is 1. The van der Waals surface area contributed by atoms with Crippen LogP contribution in [0, 0.1) is 0 Å². The third-order valence-electron chi connectivity index (χ3n) is 2.72. The summed E-state index contributed by atoms with van der Waals surface area (Å²) in [5, 5.41) is -0.368. The first-order chi connectivity index (χ1) is 6.16. The van der Waals surface area contributed by atoms with Crippen LogP contribution < -0.4 is 0 Å². The predicted octanol–water partition coefficient (Wildman–Crippen LogP) is 2.40. The van der Waals surface area contributed by atoms with Crippen LogP contribution in [0.1, 0.15) is 39.5 Å². The summed E-state index contributed by atoms with van der Waals surface area (Å²) >= 11 is 5.79. The van der Waals surface area contributed by atoms with Gasteiger partial charge in [0.2, 0.25) is 5.91 Å². The third kappa shape index (κ3) is 2.60. The fourth-order valence-corrected chi connectivity index (χ4v) is 2.07. The molecule has 0 aromatic heterocycles. The van der Waals surface area contributed by atoms with Crippen molar-refractivity contribution in [3.63, 3.8) is 0 Å². The van der Waals surface area contributed by atoms with E-state index in [1.807, 2.05) is 4.90 Å². The van der Waals surface area contributed by atoms with Gasteiger partial charge in [-0.1, -0.05) is 6.92 Å². The molecule has 0 bridgehead atoms. The first-order valence-electron chi connectivity index (χ1n) is 5.11. The van der Waals surface area contributed by atoms with Gasteiger partial charge in [-0.05, 0) is 32.6 Å². The highest BCUT2D eigenvalue weighted by Gasteiger charge is 2.27. The van der Waals surface area contributed by atoms with Crippen LogP contribution in [0.3, 0.4) is 0 Å². The van der Waals surface area contributed by atoms with Gasteiger partial charge in [0, 0.05) is 12.6 Å². The highest BCUT2D eigenvalue weighted by molar-refractivity contribution is 6.30. The number of likely N-dealkylation sites (tertiary alicyclic amines) is 1. The molecule has 76 valence electrons. The van der Waals surface area contributed by atoms with Gasteiger partial charge in [0.25, 0.3) is 0 Å². The molecule has 13 heavy (non-hydrogen) atoms. The number of carbonyl (C=O) groups excluding carboxylic acids is 1. The lowest BCUT2D eigenvalue weighted by Crippen LogP contribution is -2.46. The molecule has 1 rings (SSSR count). The molecule has 0 radical (unpaired) electrons. The summed E-state index contributed by atoms with van der Waals surface area (Å²) in [6.45, 7) is 4.79. The molecule has 2 nitrogen and oxygen atoms in total. The number of rotatable bonds is 2. The van der Waals surface area contributed by atoms with Gasteiger partial charge in [-0.25, -0.2) is 0 Å². The van der Waals surface area contributed by atoms with E-state index in [-0.39, 0.29) is 11.3 Å². The summed E-state index contributed by atoms with van der Waals surface area (Å²) in [4.78, 5) is 13.6. The molecule has 2 unspecified atom stereocenters. The van der Waals surface area contributed by atoms with Crippen LogP contribution in [0.25, 0.3) is 0 Å². The maximum Gasteiger partial charge on any atom is 0.240 e. The average molecular weight is 204 g/mol. The van der Waals surface area contributed by atoms with E-state index in [0.717, 1.165) is 25.8 Å². The Kier molecular flexibility index (Phi) is 4.04. The average Bonchev–Trinajstić information content (AvgIpc) is 2.16. The fourth-order valence-electron chi connectivity index (χ4n) is 1.94. The molecule has 0 aliphatic carbocycles. The molecular formula is C10H18ClNO. The number of carbonyl (C=O) groups is 1. The van der Waals surface area contributed by atoms with Crippen LogP contribution in [0.4, 0.5) is 0 Å².